The molecule has 4 aromatic rings. The Kier molecular flexibility index (Phi) is 8.37. The van der Waals surface area contributed by atoms with Crippen LogP contribution in [0.3, 0.4) is 0 Å². The van der Waals surface area contributed by atoms with Crippen molar-refractivity contribution in [3.8, 4) is 5.75 Å². The molecule has 0 aliphatic rings. The standard InChI is InChI=1S/C28H24BrN3O4S/c1-20-6-16-26(17-7-20)37(34,35)32-25-14-10-22(11-15-25)28(33)31-30-18-23-4-2-3-5-27(23)36-19-21-8-12-24(29)13-9-21/h2-18,32H,19H2,1H3,(H,31,33)/b30-18-. The van der Waals surface area contributed by atoms with Crippen LogP contribution in [0.15, 0.2) is 112 Å². The average Bonchev–Trinajstić information content (AvgIpc) is 2.89. The summed E-state index contributed by atoms with van der Waals surface area (Å²) in [6, 6.07) is 27.9. The van der Waals surface area contributed by atoms with Crippen LogP contribution >= 0.6 is 15.9 Å². The molecule has 37 heavy (non-hydrogen) atoms. The number of para-hydroxylation sites is 1. The Morgan fingerprint density at radius 2 is 1.59 bits per heavy atom. The van der Waals surface area contributed by atoms with Crippen LogP contribution in [0.5, 0.6) is 5.75 Å². The maximum absolute atomic E-state index is 12.6. The molecule has 0 spiro atoms. The first-order valence-corrected chi connectivity index (χ1v) is 13.6. The van der Waals surface area contributed by atoms with Crippen molar-refractivity contribution >= 4 is 43.8 Å². The Labute approximate surface area is 224 Å². The number of ether oxygens (including phenoxy) is 1. The number of amides is 1. The molecule has 4 rings (SSSR count). The molecule has 0 unspecified atom stereocenters. The lowest BCUT2D eigenvalue weighted by Gasteiger charge is -2.09. The summed E-state index contributed by atoms with van der Waals surface area (Å²) < 4.78 is 34.5. The molecular formula is C28H24BrN3O4S. The van der Waals surface area contributed by atoms with Crippen LogP contribution in [-0.4, -0.2) is 20.5 Å². The van der Waals surface area contributed by atoms with Crippen LogP contribution in [0.25, 0.3) is 0 Å². The van der Waals surface area contributed by atoms with Gasteiger partial charge >= 0.3 is 0 Å². The monoisotopic (exact) mass is 577 g/mol. The van der Waals surface area contributed by atoms with Crippen molar-refractivity contribution in [3.63, 3.8) is 0 Å². The van der Waals surface area contributed by atoms with E-state index in [1.807, 2.05) is 55.5 Å². The van der Waals surface area contributed by atoms with Gasteiger partial charge in [0.15, 0.2) is 0 Å². The number of rotatable bonds is 9. The number of anilines is 1. The van der Waals surface area contributed by atoms with Crippen LogP contribution in [0.4, 0.5) is 5.69 Å². The maximum atomic E-state index is 12.6. The highest BCUT2D eigenvalue weighted by atomic mass is 79.9. The highest BCUT2D eigenvalue weighted by Gasteiger charge is 2.14. The summed E-state index contributed by atoms with van der Waals surface area (Å²) in [5.41, 5.74) is 5.85. The molecule has 0 aliphatic heterocycles. The number of halogens is 1. The Morgan fingerprint density at radius 3 is 2.30 bits per heavy atom. The lowest BCUT2D eigenvalue weighted by Crippen LogP contribution is -2.18. The number of hydrogen-bond donors (Lipinski definition) is 2. The van der Waals surface area contributed by atoms with Gasteiger partial charge in [-0.3, -0.25) is 9.52 Å². The van der Waals surface area contributed by atoms with Gasteiger partial charge in [0.05, 0.1) is 11.1 Å². The largest absolute Gasteiger partial charge is 0.488 e. The average molecular weight is 578 g/mol. The summed E-state index contributed by atoms with van der Waals surface area (Å²) in [5, 5.41) is 4.05. The Bertz CT molecular complexity index is 1500. The molecule has 0 heterocycles. The SMILES string of the molecule is Cc1ccc(S(=O)(=O)Nc2ccc(C(=O)N/N=C\c3ccccc3OCc3ccc(Br)cc3)cc2)cc1. The summed E-state index contributed by atoms with van der Waals surface area (Å²) in [6.07, 6.45) is 1.51. The second-order valence-corrected chi connectivity index (χ2v) is 10.7. The van der Waals surface area contributed by atoms with E-state index in [1.54, 1.807) is 24.3 Å². The molecular weight excluding hydrogens is 554 g/mol. The molecule has 0 atom stereocenters. The van der Waals surface area contributed by atoms with Crippen LogP contribution < -0.4 is 14.9 Å². The summed E-state index contributed by atoms with van der Waals surface area (Å²) in [7, 11) is -3.72. The molecule has 0 aliphatic carbocycles. The maximum Gasteiger partial charge on any atom is 0.271 e. The highest BCUT2D eigenvalue weighted by molar-refractivity contribution is 9.10. The van der Waals surface area contributed by atoms with Gasteiger partial charge in [-0.2, -0.15) is 5.10 Å². The second-order valence-electron chi connectivity index (χ2n) is 8.15. The fourth-order valence-corrected chi connectivity index (χ4v) is 4.63. The molecule has 1 amide bonds. The van der Waals surface area contributed by atoms with Crippen LogP contribution in [0.2, 0.25) is 0 Å². The van der Waals surface area contributed by atoms with Gasteiger partial charge in [-0.25, -0.2) is 13.8 Å². The minimum atomic E-state index is -3.72. The van der Waals surface area contributed by atoms with Gasteiger partial charge in [0.25, 0.3) is 15.9 Å². The summed E-state index contributed by atoms with van der Waals surface area (Å²) in [6.45, 7) is 2.28. The number of benzene rings is 4. The van der Waals surface area contributed by atoms with E-state index < -0.39 is 15.9 Å². The van der Waals surface area contributed by atoms with Crippen molar-refractivity contribution < 1.29 is 17.9 Å². The van der Waals surface area contributed by atoms with Crippen molar-refractivity contribution in [2.45, 2.75) is 18.4 Å². The van der Waals surface area contributed by atoms with Gasteiger partial charge in [0.1, 0.15) is 12.4 Å². The molecule has 4 aromatic carbocycles. The topological polar surface area (TPSA) is 96.9 Å². The molecule has 0 saturated heterocycles. The molecule has 0 saturated carbocycles. The smallest absolute Gasteiger partial charge is 0.271 e. The van der Waals surface area contributed by atoms with E-state index >= 15 is 0 Å². The predicted molar refractivity (Wildman–Crippen MR) is 148 cm³/mol. The molecule has 2 N–H and O–H groups in total. The van der Waals surface area contributed by atoms with E-state index in [0.717, 1.165) is 15.6 Å². The van der Waals surface area contributed by atoms with Crippen molar-refractivity contribution in [1.82, 2.24) is 5.43 Å². The molecule has 9 heteroatoms. The van der Waals surface area contributed by atoms with Gasteiger partial charge in [0.2, 0.25) is 0 Å². The van der Waals surface area contributed by atoms with E-state index in [9.17, 15) is 13.2 Å². The van der Waals surface area contributed by atoms with Gasteiger partial charge in [-0.05, 0) is 73.2 Å². The number of hydrazone groups is 1. The minimum Gasteiger partial charge on any atom is -0.488 e. The molecule has 188 valence electrons. The highest BCUT2D eigenvalue weighted by Crippen LogP contribution is 2.19. The molecule has 0 fully saturated rings. The Hall–Kier alpha value is -3.95. The number of carbonyl (C=O) groups excluding carboxylic acids is 1. The fraction of sp³-hybridized carbons (Fsp3) is 0.0714. The zero-order valence-electron chi connectivity index (χ0n) is 19.9. The Morgan fingerprint density at radius 1 is 0.919 bits per heavy atom. The quantitative estimate of drug-likeness (QED) is 0.191. The van der Waals surface area contributed by atoms with Crippen molar-refractivity contribution in [2.75, 3.05) is 4.72 Å². The van der Waals surface area contributed by atoms with Crippen LogP contribution in [0.1, 0.15) is 27.0 Å². The predicted octanol–water partition coefficient (Wildman–Crippen LogP) is 5.90. The molecule has 7 nitrogen and oxygen atoms in total. The fourth-order valence-electron chi connectivity index (χ4n) is 3.31. The van der Waals surface area contributed by atoms with Crippen molar-refractivity contribution in [1.29, 1.82) is 0 Å². The van der Waals surface area contributed by atoms with Crippen molar-refractivity contribution in [2.24, 2.45) is 5.10 Å². The molecule has 0 radical (unpaired) electrons. The third-order valence-electron chi connectivity index (χ3n) is 5.33. The summed E-state index contributed by atoms with van der Waals surface area (Å²) >= 11 is 3.42. The van der Waals surface area contributed by atoms with E-state index in [4.69, 9.17) is 4.74 Å². The van der Waals surface area contributed by atoms with Gasteiger partial charge in [0, 0.05) is 21.3 Å². The van der Waals surface area contributed by atoms with E-state index in [-0.39, 0.29) is 4.90 Å². The van der Waals surface area contributed by atoms with Gasteiger partial charge in [-0.1, -0.05) is 57.9 Å². The second kappa shape index (κ2) is 11.9. The zero-order chi connectivity index (χ0) is 26.3. The van der Waals surface area contributed by atoms with Crippen LogP contribution in [0, 0.1) is 6.92 Å². The Balaban J connectivity index is 1.35. The zero-order valence-corrected chi connectivity index (χ0v) is 22.3. The lowest BCUT2D eigenvalue weighted by atomic mass is 10.2. The third-order valence-corrected chi connectivity index (χ3v) is 7.25. The first kappa shape index (κ1) is 26.1. The van der Waals surface area contributed by atoms with E-state index in [0.29, 0.717) is 29.2 Å². The number of carbonyl (C=O) groups is 1. The number of sulfonamides is 1. The van der Waals surface area contributed by atoms with Crippen molar-refractivity contribution in [3.05, 3.63) is 124 Å². The van der Waals surface area contributed by atoms with Crippen LogP contribution in [-0.2, 0) is 16.6 Å². The van der Waals surface area contributed by atoms with Gasteiger partial charge < -0.3 is 4.74 Å². The third kappa shape index (κ3) is 7.28. The number of hydrogen-bond acceptors (Lipinski definition) is 5. The summed E-state index contributed by atoms with van der Waals surface area (Å²) in [5.74, 6) is 0.200. The van der Waals surface area contributed by atoms with E-state index in [1.165, 1.54) is 30.5 Å². The first-order chi connectivity index (χ1) is 17.8. The van der Waals surface area contributed by atoms with E-state index in [2.05, 4.69) is 31.2 Å². The summed E-state index contributed by atoms with van der Waals surface area (Å²) in [4.78, 5) is 12.7. The first-order valence-electron chi connectivity index (χ1n) is 11.3. The van der Waals surface area contributed by atoms with Gasteiger partial charge in [-0.15, -0.1) is 0 Å². The molecule has 0 bridgehead atoms. The number of nitrogens with one attached hydrogen (secondary N) is 2. The lowest BCUT2D eigenvalue weighted by molar-refractivity contribution is 0.0955. The minimum absolute atomic E-state index is 0.162. The number of aryl methyl sites for hydroxylation is 1. The normalized spacial score (nSPS) is 11.3. The number of nitrogens with zero attached hydrogens (tertiary/aromatic N) is 1. The molecule has 0 aromatic heterocycles.